The summed E-state index contributed by atoms with van der Waals surface area (Å²) in [6.07, 6.45) is 1.09. The van der Waals surface area contributed by atoms with Gasteiger partial charge in [-0.05, 0) is 12.5 Å². The van der Waals surface area contributed by atoms with E-state index in [1.54, 1.807) is 7.11 Å². The van der Waals surface area contributed by atoms with Crippen molar-refractivity contribution in [1.82, 2.24) is 10.2 Å². The van der Waals surface area contributed by atoms with Gasteiger partial charge in [0.2, 0.25) is 0 Å². The molecule has 1 aromatic carbocycles. The van der Waals surface area contributed by atoms with E-state index in [2.05, 4.69) is 17.1 Å². The lowest BCUT2D eigenvalue weighted by atomic mass is 10.1. The van der Waals surface area contributed by atoms with E-state index in [1.165, 1.54) is 6.07 Å². The zero-order valence-corrected chi connectivity index (χ0v) is 11.1. The van der Waals surface area contributed by atoms with E-state index in [4.69, 9.17) is 4.74 Å². The van der Waals surface area contributed by atoms with E-state index in [-0.39, 0.29) is 5.82 Å². The van der Waals surface area contributed by atoms with E-state index in [9.17, 15) is 4.39 Å². The zero-order valence-electron chi connectivity index (χ0n) is 11.1. The first kappa shape index (κ1) is 13.3. The molecule has 1 fully saturated rings. The average molecular weight is 252 g/mol. The number of benzene rings is 1. The van der Waals surface area contributed by atoms with Gasteiger partial charge in [-0.3, -0.25) is 4.90 Å². The maximum atomic E-state index is 13.9. The fraction of sp³-hybridized carbons (Fsp3) is 0.571. The Bertz CT molecular complexity index is 397. The van der Waals surface area contributed by atoms with Crippen molar-refractivity contribution >= 4 is 0 Å². The number of hydrogen-bond donors (Lipinski definition) is 1. The molecule has 0 aliphatic carbocycles. The summed E-state index contributed by atoms with van der Waals surface area (Å²) in [4.78, 5) is 2.35. The molecule has 2 rings (SSSR count). The summed E-state index contributed by atoms with van der Waals surface area (Å²) < 4.78 is 18.9. The number of methoxy groups -OCH3 is 1. The van der Waals surface area contributed by atoms with Crippen molar-refractivity contribution in [3.05, 3.63) is 29.6 Å². The van der Waals surface area contributed by atoms with Crippen LogP contribution < -0.4 is 10.1 Å². The molecule has 0 amide bonds. The van der Waals surface area contributed by atoms with Crippen molar-refractivity contribution in [2.45, 2.75) is 25.9 Å². The molecular formula is C14H21FN2O. The van der Waals surface area contributed by atoms with E-state index in [1.807, 2.05) is 12.1 Å². The number of ether oxygens (including phenoxy) is 1. The van der Waals surface area contributed by atoms with Crippen molar-refractivity contribution in [3.8, 4) is 5.75 Å². The molecule has 100 valence electrons. The van der Waals surface area contributed by atoms with Crippen LogP contribution in [0.1, 0.15) is 18.9 Å². The Hall–Kier alpha value is -1.13. The second kappa shape index (κ2) is 6.16. The molecule has 1 N–H and O–H groups in total. The van der Waals surface area contributed by atoms with Gasteiger partial charge in [-0.15, -0.1) is 0 Å². The third-order valence-corrected chi connectivity index (χ3v) is 3.58. The molecule has 1 unspecified atom stereocenters. The predicted molar refractivity (Wildman–Crippen MR) is 70.3 cm³/mol. The topological polar surface area (TPSA) is 24.5 Å². The van der Waals surface area contributed by atoms with Crippen LogP contribution in [-0.2, 0) is 6.54 Å². The number of nitrogens with zero attached hydrogens (tertiary/aromatic N) is 1. The standard InChI is InChI=1S/C14H21FN2O/c1-3-12-9-16-6-7-17(12)10-11-4-5-13(18-2)8-14(11)15/h4-5,8,12,16H,3,6-7,9-10H2,1-2H3. The molecule has 1 heterocycles. The fourth-order valence-corrected chi connectivity index (χ4v) is 2.42. The first-order chi connectivity index (χ1) is 8.74. The molecule has 3 nitrogen and oxygen atoms in total. The third kappa shape index (κ3) is 3.00. The SMILES string of the molecule is CCC1CNCCN1Cc1ccc(OC)cc1F. The molecular weight excluding hydrogens is 231 g/mol. The Kier molecular flexibility index (Phi) is 4.55. The molecule has 0 bridgehead atoms. The van der Waals surface area contributed by atoms with Gasteiger partial charge in [0.05, 0.1) is 7.11 Å². The molecule has 4 heteroatoms. The monoisotopic (exact) mass is 252 g/mol. The smallest absolute Gasteiger partial charge is 0.131 e. The van der Waals surface area contributed by atoms with Crippen molar-refractivity contribution in [3.63, 3.8) is 0 Å². The second-order valence-electron chi connectivity index (χ2n) is 4.69. The minimum absolute atomic E-state index is 0.178. The molecule has 0 spiro atoms. The maximum Gasteiger partial charge on any atom is 0.131 e. The summed E-state index contributed by atoms with van der Waals surface area (Å²) in [6.45, 7) is 5.80. The zero-order chi connectivity index (χ0) is 13.0. The van der Waals surface area contributed by atoms with E-state index in [0.29, 0.717) is 18.3 Å². The average Bonchev–Trinajstić information content (AvgIpc) is 2.41. The van der Waals surface area contributed by atoms with Crippen molar-refractivity contribution in [2.24, 2.45) is 0 Å². The lowest BCUT2D eigenvalue weighted by Gasteiger charge is -2.35. The molecule has 1 aliphatic rings. The van der Waals surface area contributed by atoms with Gasteiger partial charge in [0.25, 0.3) is 0 Å². The Balaban J connectivity index is 2.07. The highest BCUT2D eigenvalue weighted by molar-refractivity contribution is 5.28. The maximum absolute atomic E-state index is 13.9. The summed E-state index contributed by atoms with van der Waals surface area (Å²) in [5.41, 5.74) is 0.746. The number of halogens is 1. The Morgan fingerprint density at radius 2 is 2.33 bits per heavy atom. The molecule has 1 atom stereocenters. The minimum atomic E-state index is -0.178. The van der Waals surface area contributed by atoms with Gasteiger partial charge in [-0.2, -0.15) is 0 Å². The van der Waals surface area contributed by atoms with Crippen LogP contribution in [0.2, 0.25) is 0 Å². The van der Waals surface area contributed by atoms with Crippen LogP contribution in [0.3, 0.4) is 0 Å². The van der Waals surface area contributed by atoms with Crippen molar-refractivity contribution in [2.75, 3.05) is 26.7 Å². The van der Waals surface area contributed by atoms with Crippen LogP contribution in [0.25, 0.3) is 0 Å². The van der Waals surface area contributed by atoms with E-state index >= 15 is 0 Å². The summed E-state index contributed by atoms with van der Waals surface area (Å²) in [7, 11) is 1.55. The third-order valence-electron chi connectivity index (χ3n) is 3.58. The first-order valence-corrected chi connectivity index (χ1v) is 6.51. The van der Waals surface area contributed by atoms with Crippen LogP contribution in [0.4, 0.5) is 4.39 Å². The molecule has 1 saturated heterocycles. The lowest BCUT2D eigenvalue weighted by Crippen LogP contribution is -2.50. The van der Waals surface area contributed by atoms with Crippen LogP contribution in [-0.4, -0.2) is 37.7 Å². The van der Waals surface area contributed by atoms with Crippen LogP contribution in [0.5, 0.6) is 5.75 Å². The van der Waals surface area contributed by atoms with Crippen molar-refractivity contribution < 1.29 is 9.13 Å². The summed E-state index contributed by atoms with van der Waals surface area (Å²) in [6, 6.07) is 5.60. The minimum Gasteiger partial charge on any atom is -0.497 e. The highest BCUT2D eigenvalue weighted by Crippen LogP contribution is 2.19. The molecule has 0 radical (unpaired) electrons. The van der Waals surface area contributed by atoms with Gasteiger partial charge in [-0.1, -0.05) is 13.0 Å². The largest absolute Gasteiger partial charge is 0.497 e. The summed E-state index contributed by atoms with van der Waals surface area (Å²) >= 11 is 0. The fourth-order valence-electron chi connectivity index (χ4n) is 2.42. The van der Waals surface area contributed by atoms with Gasteiger partial charge < -0.3 is 10.1 Å². The number of piperazine rings is 1. The number of nitrogens with one attached hydrogen (secondary N) is 1. The predicted octanol–water partition coefficient (Wildman–Crippen LogP) is 2.02. The van der Waals surface area contributed by atoms with Crippen LogP contribution >= 0.6 is 0 Å². The lowest BCUT2D eigenvalue weighted by molar-refractivity contribution is 0.147. The normalized spacial score (nSPS) is 20.9. The number of hydrogen-bond acceptors (Lipinski definition) is 3. The quantitative estimate of drug-likeness (QED) is 0.887. The Morgan fingerprint density at radius 1 is 1.50 bits per heavy atom. The van der Waals surface area contributed by atoms with Gasteiger partial charge in [0.1, 0.15) is 11.6 Å². The summed E-state index contributed by atoms with van der Waals surface area (Å²) in [5.74, 6) is 0.395. The van der Waals surface area contributed by atoms with Gasteiger partial charge in [-0.25, -0.2) is 4.39 Å². The molecule has 1 aliphatic heterocycles. The number of rotatable bonds is 4. The second-order valence-corrected chi connectivity index (χ2v) is 4.69. The van der Waals surface area contributed by atoms with Gasteiger partial charge >= 0.3 is 0 Å². The van der Waals surface area contributed by atoms with E-state index in [0.717, 1.165) is 31.6 Å². The first-order valence-electron chi connectivity index (χ1n) is 6.51. The highest BCUT2D eigenvalue weighted by atomic mass is 19.1. The highest BCUT2D eigenvalue weighted by Gasteiger charge is 2.21. The van der Waals surface area contributed by atoms with Gasteiger partial charge in [0.15, 0.2) is 0 Å². The van der Waals surface area contributed by atoms with Crippen LogP contribution in [0, 0.1) is 5.82 Å². The Labute approximate surface area is 108 Å². The molecule has 1 aromatic rings. The molecule has 18 heavy (non-hydrogen) atoms. The van der Waals surface area contributed by atoms with E-state index < -0.39 is 0 Å². The summed E-state index contributed by atoms with van der Waals surface area (Å²) in [5, 5.41) is 3.38. The molecule has 0 aromatic heterocycles. The van der Waals surface area contributed by atoms with Gasteiger partial charge in [0, 0.05) is 43.9 Å². The van der Waals surface area contributed by atoms with Crippen LogP contribution in [0.15, 0.2) is 18.2 Å². The molecule has 0 saturated carbocycles. The Morgan fingerprint density at radius 3 is 3.00 bits per heavy atom. The van der Waals surface area contributed by atoms with Crippen molar-refractivity contribution in [1.29, 1.82) is 0 Å².